The first-order chi connectivity index (χ1) is 7.33. The van der Waals surface area contributed by atoms with Gasteiger partial charge in [0.2, 0.25) is 0 Å². The van der Waals surface area contributed by atoms with Crippen LogP contribution in [0, 0.1) is 0 Å². The average Bonchev–Trinajstić information content (AvgIpc) is 2.12. The molecule has 0 rings (SSSR count). The van der Waals surface area contributed by atoms with Gasteiger partial charge in [-0.25, -0.2) is 0 Å². The normalized spacial score (nSPS) is 13.0. The minimum absolute atomic E-state index is 1.03. The Kier molecular flexibility index (Phi) is 6.92. The molecule has 0 aromatic carbocycles. The van der Waals surface area contributed by atoms with Crippen LogP contribution in [0.15, 0.2) is 37.5 Å². The van der Waals surface area contributed by atoms with Gasteiger partial charge in [-0.15, -0.1) is 13.2 Å². The van der Waals surface area contributed by atoms with Crippen LogP contribution in [0.4, 0.5) is 0 Å². The van der Waals surface area contributed by atoms with Gasteiger partial charge in [0, 0.05) is 0 Å². The second kappa shape index (κ2) is 7.07. The van der Waals surface area contributed by atoms with E-state index in [0.717, 1.165) is 0 Å². The third-order valence-corrected chi connectivity index (χ3v) is 8.37. The maximum Gasteiger partial charge on any atom is 0.0548 e. The molecule has 0 N–H and O–H groups in total. The molecule has 0 aliphatic heterocycles. The Labute approximate surface area is 104 Å². The first kappa shape index (κ1) is 15.7. The second-order valence-corrected chi connectivity index (χ2v) is 16.5. The maximum atomic E-state index is 3.84. The average molecular weight is 253 g/mol. The van der Waals surface area contributed by atoms with Crippen molar-refractivity contribution in [2.75, 3.05) is 0 Å². The van der Waals surface area contributed by atoms with Crippen molar-refractivity contribution in [3.8, 4) is 0 Å². The fraction of sp³-hybridized carbons (Fsp3) is 0.571. The zero-order valence-corrected chi connectivity index (χ0v) is 13.6. The Morgan fingerprint density at radius 2 is 1.00 bits per heavy atom. The molecular weight excluding hydrogens is 224 g/mol. The van der Waals surface area contributed by atoms with Crippen molar-refractivity contribution in [3.63, 3.8) is 0 Å². The molecule has 0 saturated carbocycles. The fourth-order valence-electron chi connectivity index (χ4n) is 1.75. The van der Waals surface area contributed by atoms with Crippen LogP contribution in [0.5, 0.6) is 0 Å². The lowest BCUT2D eigenvalue weighted by Gasteiger charge is -2.20. The smallest absolute Gasteiger partial charge is 0.0548 e. The van der Waals surface area contributed by atoms with Gasteiger partial charge < -0.3 is 0 Å². The van der Waals surface area contributed by atoms with Crippen LogP contribution in [0.1, 0.15) is 0 Å². The first-order valence-electron chi connectivity index (χ1n) is 6.20. The lowest BCUT2D eigenvalue weighted by molar-refractivity contribution is 1.37. The summed E-state index contributed by atoms with van der Waals surface area (Å²) in [6, 6.07) is 5.03. The van der Waals surface area contributed by atoms with Gasteiger partial charge in [0.15, 0.2) is 0 Å². The van der Waals surface area contributed by atoms with Crippen molar-refractivity contribution < 1.29 is 0 Å². The van der Waals surface area contributed by atoms with Crippen molar-refractivity contribution in [2.24, 2.45) is 0 Å². The van der Waals surface area contributed by atoms with Crippen LogP contribution < -0.4 is 0 Å². The van der Waals surface area contributed by atoms with Gasteiger partial charge in [0.25, 0.3) is 0 Å². The van der Waals surface area contributed by atoms with Gasteiger partial charge in [-0.3, -0.25) is 0 Å². The summed E-state index contributed by atoms with van der Waals surface area (Å²) < 4.78 is 0. The summed E-state index contributed by atoms with van der Waals surface area (Å²) in [7, 11) is -2.06. The molecule has 0 bridgehead atoms. The topological polar surface area (TPSA) is 0 Å². The Morgan fingerprint density at radius 1 is 0.688 bits per heavy atom. The summed E-state index contributed by atoms with van der Waals surface area (Å²) in [6.45, 7) is 17.4. The van der Waals surface area contributed by atoms with E-state index in [1.807, 2.05) is 0 Å². The van der Waals surface area contributed by atoms with Crippen LogP contribution in [0.3, 0.4) is 0 Å². The van der Waals surface area contributed by atoms with E-state index in [0.29, 0.717) is 0 Å². The summed E-state index contributed by atoms with van der Waals surface area (Å²) in [6.07, 6.45) is 8.98. The molecule has 0 atom stereocenters. The van der Waals surface area contributed by atoms with E-state index in [9.17, 15) is 0 Å². The van der Waals surface area contributed by atoms with E-state index in [1.54, 1.807) is 0 Å². The van der Waals surface area contributed by atoms with Crippen LogP contribution in [0.2, 0.25) is 50.4 Å². The molecule has 0 aliphatic rings. The monoisotopic (exact) mass is 252 g/mol. The highest BCUT2D eigenvalue weighted by molar-refractivity contribution is 6.78. The molecule has 0 spiro atoms. The largest absolute Gasteiger partial charge is 0.103 e. The van der Waals surface area contributed by atoms with Crippen molar-refractivity contribution in [3.05, 3.63) is 37.5 Å². The van der Waals surface area contributed by atoms with Gasteiger partial charge in [0.05, 0.1) is 16.1 Å². The quantitative estimate of drug-likeness (QED) is 0.404. The predicted molar refractivity (Wildman–Crippen MR) is 83.7 cm³/mol. The summed E-state index contributed by atoms with van der Waals surface area (Å²) in [5.41, 5.74) is 0. The fourth-order valence-corrected chi connectivity index (χ4v) is 5.26. The molecule has 0 unspecified atom stereocenters. The molecule has 0 aromatic heterocycles. The van der Waals surface area contributed by atoms with E-state index in [-0.39, 0.29) is 0 Å². The molecule has 0 nitrogen and oxygen atoms in total. The molecular formula is C14H28Si2. The SMILES string of the molecule is C=CC[Si](C)(C)C/C=C/C[Si](C)(C)CC=C. The van der Waals surface area contributed by atoms with Gasteiger partial charge in [-0.05, 0) is 24.2 Å². The standard InChI is InChI=1S/C14H28Si2/c1-7-11-15(3,4)13-9-10-14-16(5,6)12-8-2/h7-10H,1-2,11-14H2,3-6H3/b10-9+. The molecule has 0 fully saturated rings. The highest BCUT2D eigenvalue weighted by Gasteiger charge is 2.18. The summed E-state index contributed by atoms with van der Waals surface area (Å²) in [5, 5.41) is 0. The molecule has 16 heavy (non-hydrogen) atoms. The van der Waals surface area contributed by atoms with E-state index in [4.69, 9.17) is 0 Å². The van der Waals surface area contributed by atoms with Crippen molar-refractivity contribution in [1.82, 2.24) is 0 Å². The summed E-state index contributed by atoms with van der Waals surface area (Å²) in [4.78, 5) is 0. The highest BCUT2D eigenvalue weighted by atomic mass is 28.3. The van der Waals surface area contributed by atoms with Crippen molar-refractivity contribution in [2.45, 2.75) is 50.4 Å². The summed E-state index contributed by atoms with van der Waals surface area (Å²) >= 11 is 0. The number of rotatable bonds is 8. The zero-order valence-electron chi connectivity index (χ0n) is 11.6. The molecule has 0 aromatic rings. The van der Waals surface area contributed by atoms with Gasteiger partial charge in [0.1, 0.15) is 0 Å². The lowest BCUT2D eigenvalue weighted by Crippen LogP contribution is -2.24. The summed E-state index contributed by atoms with van der Waals surface area (Å²) in [5.74, 6) is 0. The maximum absolute atomic E-state index is 3.84. The van der Waals surface area contributed by atoms with Crippen LogP contribution in [-0.4, -0.2) is 16.1 Å². The minimum atomic E-state index is -1.03. The molecule has 0 saturated heterocycles. The van der Waals surface area contributed by atoms with Gasteiger partial charge in [-0.2, -0.15) is 0 Å². The highest BCUT2D eigenvalue weighted by Crippen LogP contribution is 2.19. The molecule has 92 valence electrons. The van der Waals surface area contributed by atoms with Gasteiger partial charge >= 0.3 is 0 Å². The van der Waals surface area contributed by atoms with Crippen LogP contribution in [0.25, 0.3) is 0 Å². The Hall–Kier alpha value is -0.346. The van der Waals surface area contributed by atoms with Gasteiger partial charge in [-0.1, -0.05) is 50.5 Å². The second-order valence-electron chi connectivity index (χ2n) is 6.19. The third-order valence-electron chi connectivity index (χ3n) is 2.90. The van der Waals surface area contributed by atoms with E-state index < -0.39 is 16.1 Å². The third kappa shape index (κ3) is 7.88. The molecule has 0 aliphatic carbocycles. The number of hydrogen-bond acceptors (Lipinski definition) is 0. The van der Waals surface area contributed by atoms with Crippen LogP contribution in [-0.2, 0) is 0 Å². The van der Waals surface area contributed by atoms with Crippen LogP contribution >= 0.6 is 0 Å². The molecule has 0 radical (unpaired) electrons. The molecule has 2 heteroatoms. The Morgan fingerprint density at radius 3 is 1.25 bits per heavy atom. The first-order valence-corrected chi connectivity index (χ1v) is 13.0. The lowest BCUT2D eigenvalue weighted by atomic mass is 10.6. The minimum Gasteiger partial charge on any atom is -0.103 e. The van der Waals surface area contributed by atoms with E-state index >= 15 is 0 Å². The Balaban J connectivity index is 4.02. The van der Waals surface area contributed by atoms with E-state index in [2.05, 4.69) is 63.6 Å². The zero-order chi connectivity index (χ0) is 12.7. The van der Waals surface area contributed by atoms with Crippen molar-refractivity contribution >= 4 is 16.1 Å². The molecule has 0 amide bonds. The number of hydrogen-bond donors (Lipinski definition) is 0. The van der Waals surface area contributed by atoms with E-state index in [1.165, 1.54) is 24.2 Å². The predicted octanol–water partition coefficient (Wildman–Crippen LogP) is 5.33. The molecule has 0 heterocycles. The Bertz CT molecular complexity index is 223. The number of allylic oxidation sites excluding steroid dienone is 4. The van der Waals surface area contributed by atoms with Crippen molar-refractivity contribution in [1.29, 1.82) is 0 Å².